The summed E-state index contributed by atoms with van der Waals surface area (Å²) in [5.74, 6) is 0.330. The summed E-state index contributed by atoms with van der Waals surface area (Å²) in [6.07, 6.45) is 1.27. The molecular formula is C17H19N3O4. The standard InChI is InChI=1S/C17H19N3O4/c1-3-8-24-15-7-4-11(16(22)18-2)9-12(15)13-5-6-14(19-10-21)17(23)20-13/h4-7,9-10H,3,8H2,1-2H3,(H,18,22)(H,19,21)(H,20,23). The smallest absolute Gasteiger partial charge is 0.272 e. The Labute approximate surface area is 139 Å². The molecule has 0 unspecified atom stereocenters. The van der Waals surface area contributed by atoms with Gasteiger partial charge in [0.05, 0.1) is 12.3 Å². The molecule has 0 bridgehead atoms. The quantitative estimate of drug-likeness (QED) is 0.674. The first kappa shape index (κ1) is 17.3. The molecule has 126 valence electrons. The van der Waals surface area contributed by atoms with Crippen molar-refractivity contribution in [3.05, 3.63) is 46.2 Å². The van der Waals surface area contributed by atoms with Crippen molar-refractivity contribution in [1.82, 2.24) is 10.3 Å². The number of hydrogen-bond donors (Lipinski definition) is 3. The summed E-state index contributed by atoms with van der Waals surface area (Å²) in [4.78, 5) is 37.0. The summed E-state index contributed by atoms with van der Waals surface area (Å²) in [6.45, 7) is 2.50. The van der Waals surface area contributed by atoms with Crippen molar-refractivity contribution in [3.8, 4) is 17.0 Å². The lowest BCUT2D eigenvalue weighted by molar-refractivity contribution is -0.105. The van der Waals surface area contributed by atoms with Crippen LogP contribution >= 0.6 is 0 Å². The maximum atomic E-state index is 12.0. The number of ether oxygens (including phenoxy) is 1. The van der Waals surface area contributed by atoms with Crippen molar-refractivity contribution in [2.75, 3.05) is 19.0 Å². The SMILES string of the molecule is CCCOc1ccc(C(=O)NC)cc1-c1ccc(NC=O)c(=O)[nH]1. The molecule has 0 spiro atoms. The molecule has 0 fully saturated rings. The van der Waals surface area contributed by atoms with Crippen molar-refractivity contribution < 1.29 is 14.3 Å². The van der Waals surface area contributed by atoms with Gasteiger partial charge in [0.25, 0.3) is 11.5 Å². The number of anilines is 1. The first-order valence-corrected chi connectivity index (χ1v) is 7.53. The molecule has 7 nitrogen and oxygen atoms in total. The Morgan fingerprint density at radius 2 is 2.08 bits per heavy atom. The number of benzene rings is 1. The van der Waals surface area contributed by atoms with E-state index in [0.29, 0.717) is 35.6 Å². The second-order valence-corrected chi connectivity index (χ2v) is 5.02. The van der Waals surface area contributed by atoms with E-state index >= 15 is 0 Å². The lowest BCUT2D eigenvalue weighted by Gasteiger charge is -2.13. The van der Waals surface area contributed by atoms with E-state index in [1.165, 1.54) is 6.07 Å². The van der Waals surface area contributed by atoms with Crippen LogP contribution in [0.5, 0.6) is 5.75 Å². The normalized spacial score (nSPS) is 10.1. The lowest BCUT2D eigenvalue weighted by atomic mass is 10.1. The number of amides is 2. The Morgan fingerprint density at radius 3 is 2.71 bits per heavy atom. The molecule has 0 aliphatic rings. The van der Waals surface area contributed by atoms with Gasteiger partial charge < -0.3 is 20.4 Å². The van der Waals surface area contributed by atoms with E-state index in [9.17, 15) is 14.4 Å². The molecular weight excluding hydrogens is 310 g/mol. The van der Waals surface area contributed by atoms with Gasteiger partial charge in [-0.05, 0) is 36.8 Å². The highest BCUT2D eigenvalue weighted by atomic mass is 16.5. The largest absolute Gasteiger partial charge is 0.493 e. The van der Waals surface area contributed by atoms with Crippen molar-refractivity contribution >= 4 is 18.0 Å². The van der Waals surface area contributed by atoms with Gasteiger partial charge in [0, 0.05) is 18.2 Å². The third kappa shape index (κ3) is 3.81. The Kier molecular flexibility index (Phi) is 5.73. The third-order valence-electron chi connectivity index (χ3n) is 3.34. The fourth-order valence-electron chi connectivity index (χ4n) is 2.17. The minimum absolute atomic E-state index is 0.146. The minimum atomic E-state index is -0.439. The topological polar surface area (TPSA) is 100 Å². The summed E-state index contributed by atoms with van der Waals surface area (Å²) >= 11 is 0. The highest BCUT2D eigenvalue weighted by Crippen LogP contribution is 2.30. The van der Waals surface area contributed by atoms with E-state index in [0.717, 1.165) is 6.42 Å². The molecule has 1 aromatic carbocycles. The van der Waals surface area contributed by atoms with Gasteiger partial charge in [-0.1, -0.05) is 6.92 Å². The van der Waals surface area contributed by atoms with Gasteiger partial charge in [0.15, 0.2) is 0 Å². The molecule has 2 amide bonds. The maximum absolute atomic E-state index is 12.0. The van der Waals surface area contributed by atoms with Gasteiger partial charge in [-0.2, -0.15) is 0 Å². The Morgan fingerprint density at radius 1 is 1.29 bits per heavy atom. The Hall–Kier alpha value is -3.09. The van der Waals surface area contributed by atoms with E-state index in [2.05, 4.69) is 15.6 Å². The van der Waals surface area contributed by atoms with Crippen LogP contribution in [0, 0.1) is 0 Å². The van der Waals surface area contributed by atoms with Crippen LogP contribution in [0.15, 0.2) is 35.1 Å². The fraction of sp³-hybridized carbons (Fsp3) is 0.235. The zero-order valence-electron chi connectivity index (χ0n) is 13.5. The number of aromatic amines is 1. The van der Waals surface area contributed by atoms with Crippen molar-refractivity contribution in [1.29, 1.82) is 0 Å². The average Bonchev–Trinajstić information content (AvgIpc) is 2.61. The van der Waals surface area contributed by atoms with Crippen LogP contribution in [0.25, 0.3) is 11.3 Å². The summed E-state index contributed by atoms with van der Waals surface area (Å²) in [6, 6.07) is 8.16. The molecule has 0 saturated carbocycles. The zero-order valence-corrected chi connectivity index (χ0v) is 13.5. The number of pyridine rings is 1. The maximum Gasteiger partial charge on any atom is 0.272 e. The number of nitrogens with one attached hydrogen (secondary N) is 3. The summed E-state index contributed by atoms with van der Waals surface area (Å²) in [5.41, 5.74) is 1.25. The molecule has 0 saturated heterocycles. The van der Waals surface area contributed by atoms with Crippen LogP contribution in [-0.2, 0) is 4.79 Å². The zero-order chi connectivity index (χ0) is 17.5. The van der Waals surface area contributed by atoms with Crippen molar-refractivity contribution in [2.45, 2.75) is 13.3 Å². The minimum Gasteiger partial charge on any atom is -0.493 e. The molecule has 0 aliphatic carbocycles. The van der Waals surface area contributed by atoms with Crippen LogP contribution in [0.3, 0.4) is 0 Å². The van der Waals surface area contributed by atoms with Gasteiger partial charge in [-0.25, -0.2) is 0 Å². The molecule has 2 rings (SSSR count). The third-order valence-corrected chi connectivity index (χ3v) is 3.34. The Bertz CT molecular complexity index is 799. The van der Waals surface area contributed by atoms with E-state index in [4.69, 9.17) is 4.74 Å². The highest BCUT2D eigenvalue weighted by molar-refractivity contribution is 5.95. The number of hydrogen-bond acceptors (Lipinski definition) is 4. The van der Waals surface area contributed by atoms with Gasteiger partial charge in [0.1, 0.15) is 11.4 Å². The first-order valence-electron chi connectivity index (χ1n) is 7.53. The monoisotopic (exact) mass is 329 g/mol. The number of aromatic nitrogens is 1. The molecule has 7 heteroatoms. The molecule has 1 heterocycles. The Balaban J connectivity index is 2.52. The van der Waals surface area contributed by atoms with E-state index in [1.54, 1.807) is 31.3 Å². The van der Waals surface area contributed by atoms with Gasteiger partial charge >= 0.3 is 0 Å². The first-order chi connectivity index (χ1) is 11.6. The highest BCUT2D eigenvalue weighted by Gasteiger charge is 2.13. The molecule has 0 aliphatic heterocycles. The van der Waals surface area contributed by atoms with Gasteiger partial charge in [-0.15, -0.1) is 0 Å². The number of carbonyl (C=O) groups is 2. The van der Waals surface area contributed by atoms with Gasteiger partial charge in [0.2, 0.25) is 6.41 Å². The summed E-state index contributed by atoms with van der Waals surface area (Å²) < 4.78 is 5.70. The lowest BCUT2D eigenvalue weighted by Crippen LogP contribution is -2.18. The summed E-state index contributed by atoms with van der Waals surface area (Å²) in [5, 5.41) is 4.88. The predicted octanol–water partition coefficient (Wildman–Crippen LogP) is 1.76. The van der Waals surface area contributed by atoms with E-state index in [1.807, 2.05) is 6.92 Å². The second-order valence-electron chi connectivity index (χ2n) is 5.02. The van der Waals surface area contributed by atoms with Crippen LogP contribution in [0.1, 0.15) is 23.7 Å². The second kappa shape index (κ2) is 7.96. The number of rotatable bonds is 7. The molecule has 0 radical (unpaired) electrons. The van der Waals surface area contributed by atoms with Crippen molar-refractivity contribution in [3.63, 3.8) is 0 Å². The summed E-state index contributed by atoms with van der Waals surface area (Å²) in [7, 11) is 1.55. The van der Waals surface area contributed by atoms with E-state index in [-0.39, 0.29) is 11.6 Å². The number of carbonyl (C=O) groups excluding carboxylic acids is 2. The molecule has 24 heavy (non-hydrogen) atoms. The number of H-pyrrole nitrogens is 1. The molecule has 1 aromatic heterocycles. The van der Waals surface area contributed by atoms with Gasteiger partial charge in [-0.3, -0.25) is 14.4 Å². The average molecular weight is 329 g/mol. The molecule has 3 N–H and O–H groups in total. The van der Waals surface area contributed by atoms with Crippen LogP contribution in [0.2, 0.25) is 0 Å². The van der Waals surface area contributed by atoms with Crippen molar-refractivity contribution in [2.24, 2.45) is 0 Å². The fourth-order valence-corrected chi connectivity index (χ4v) is 2.17. The molecule has 2 aromatic rings. The van der Waals surface area contributed by atoms with E-state index < -0.39 is 5.56 Å². The van der Waals surface area contributed by atoms with Crippen LogP contribution in [0.4, 0.5) is 5.69 Å². The molecule has 0 atom stereocenters. The van der Waals surface area contributed by atoms with Crippen LogP contribution in [-0.4, -0.2) is 31.0 Å². The predicted molar refractivity (Wildman–Crippen MR) is 91.4 cm³/mol. The van der Waals surface area contributed by atoms with Crippen LogP contribution < -0.4 is 20.9 Å².